The molecule has 0 radical (unpaired) electrons. The molecular weight excluding hydrogens is 663 g/mol. The molecular formula is C36H33N5O6S2. The molecule has 0 fully saturated rings. The lowest BCUT2D eigenvalue weighted by molar-refractivity contribution is -0.138. The highest BCUT2D eigenvalue weighted by molar-refractivity contribution is 7.89. The van der Waals surface area contributed by atoms with Crippen molar-refractivity contribution in [3.05, 3.63) is 140 Å². The zero-order chi connectivity index (χ0) is 34.9. The lowest BCUT2D eigenvalue weighted by Gasteiger charge is -2.24. The van der Waals surface area contributed by atoms with Gasteiger partial charge in [-0.25, -0.2) is 27.2 Å². The van der Waals surface area contributed by atoms with E-state index in [1.165, 1.54) is 48.2 Å². The Morgan fingerprint density at radius 2 is 1.73 bits per heavy atom. The third-order valence-corrected chi connectivity index (χ3v) is 10.8. The zero-order valence-corrected chi connectivity index (χ0v) is 28.9. The van der Waals surface area contributed by atoms with E-state index >= 15 is 0 Å². The fourth-order valence-electron chi connectivity index (χ4n) is 5.46. The SMILES string of the molecule is C=CCOC(=O)C1=C(C)N=c2s/c(=C\c3cn(-c4ccccc4)nc3-c3ccc(S(=O)(=O)N(C)C)cc3)c(=O)n2C1c1ccc(OC)cc1. The topological polar surface area (TPSA) is 125 Å². The average molecular weight is 696 g/mol. The molecule has 250 valence electrons. The highest BCUT2D eigenvalue weighted by Gasteiger charge is 2.33. The molecule has 1 aliphatic heterocycles. The van der Waals surface area contributed by atoms with E-state index in [-0.39, 0.29) is 22.6 Å². The van der Waals surface area contributed by atoms with Gasteiger partial charge in [-0.1, -0.05) is 66.5 Å². The fourth-order valence-corrected chi connectivity index (χ4v) is 7.40. The van der Waals surface area contributed by atoms with Crippen LogP contribution in [-0.2, 0) is 19.6 Å². The number of rotatable bonds is 10. The van der Waals surface area contributed by atoms with E-state index in [1.807, 2.05) is 48.7 Å². The van der Waals surface area contributed by atoms with Crippen molar-refractivity contribution in [2.75, 3.05) is 27.8 Å². The Labute approximate surface area is 287 Å². The second-order valence-corrected chi connectivity index (χ2v) is 14.4. The van der Waals surface area contributed by atoms with Gasteiger partial charge in [0.15, 0.2) is 4.80 Å². The molecule has 0 N–H and O–H groups in total. The van der Waals surface area contributed by atoms with Gasteiger partial charge >= 0.3 is 5.97 Å². The maximum atomic E-state index is 14.3. The molecule has 3 aromatic carbocycles. The van der Waals surface area contributed by atoms with Crippen LogP contribution >= 0.6 is 11.3 Å². The van der Waals surface area contributed by atoms with Gasteiger partial charge in [0.25, 0.3) is 5.56 Å². The first-order valence-electron chi connectivity index (χ1n) is 15.2. The van der Waals surface area contributed by atoms with Crippen LogP contribution in [0, 0.1) is 0 Å². The van der Waals surface area contributed by atoms with Crippen LogP contribution in [0.4, 0.5) is 0 Å². The summed E-state index contributed by atoms with van der Waals surface area (Å²) in [5.41, 5.74) is 3.64. The van der Waals surface area contributed by atoms with Crippen LogP contribution in [0.15, 0.2) is 124 Å². The number of ether oxygens (including phenoxy) is 2. The summed E-state index contributed by atoms with van der Waals surface area (Å²) in [6.07, 6.45) is 5.04. The number of esters is 1. The van der Waals surface area contributed by atoms with Gasteiger partial charge in [0, 0.05) is 31.4 Å². The predicted octanol–water partition coefficient (Wildman–Crippen LogP) is 4.08. The van der Waals surface area contributed by atoms with Crippen LogP contribution in [0.3, 0.4) is 0 Å². The summed E-state index contributed by atoms with van der Waals surface area (Å²) >= 11 is 1.20. The second-order valence-electron chi connectivity index (χ2n) is 11.3. The zero-order valence-electron chi connectivity index (χ0n) is 27.2. The van der Waals surface area contributed by atoms with Crippen molar-refractivity contribution < 1.29 is 22.7 Å². The van der Waals surface area contributed by atoms with Crippen LogP contribution in [0.25, 0.3) is 23.0 Å². The van der Waals surface area contributed by atoms with E-state index in [9.17, 15) is 18.0 Å². The Balaban J connectivity index is 1.53. The third kappa shape index (κ3) is 6.43. The normalized spacial score (nSPS) is 14.8. The van der Waals surface area contributed by atoms with Crippen LogP contribution in [0.5, 0.6) is 5.75 Å². The average Bonchev–Trinajstić information content (AvgIpc) is 3.67. The molecule has 1 unspecified atom stereocenters. The number of carbonyl (C=O) groups is 1. The summed E-state index contributed by atoms with van der Waals surface area (Å²) in [7, 11) is 0.887. The molecule has 13 heteroatoms. The lowest BCUT2D eigenvalue weighted by Crippen LogP contribution is -2.39. The summed E-state index contributed by atoms with van der Waals surface area (Å²) < 4.78 is 41.0. The molecule has 6 rings (SSSR count). The number of carbonyl (C=O) groups excluding carboxylic acids is 1. The van der Waals surface area contributed by atoms with E-state index in [4.69, 9.17) is 14.6 Å². The number of aromatic nitrogens is 3. The molecule has 0 bridgehead atoms. The number of methoxy groups -OCH3 is 1. The van der Waals surface area contributed by atoms with Crippen molar-refractivity contribution in [1.29, 1.82) is 0 Å². The molecule has 5 aromatic rings. The largest absolute Gasteiger partial charge is 0.497 e. The molecule has 1 atom stereocenters. The summed E-state index contributed by atoms with van der Waals surface area (Å²) in [6, 6.07) is 22.3. The fraction of sp³-hybridized carbons (Fsp3) is 0.167. The Hall–Kier alpha value is -5.37. The summed E-state index contributed by atoms with van der Waals surface area (Å²) in [5.74, 6) is 0.0327. The number of allylic oxidation sites excluding steroid dienone is 1. The van der Waals surface area contributed by atoms with Crippen molar-refractivity contribution in [1.82, 2.24) is 18.7 Å². The van der Waals surface area contributed by atoms with Crippen molar-refractivity contribution in [2.45, 2.75) is 17.9 Å². The second kappa shape index (κ2) is 13.6. The molecule has 0 spiro atoms. The minimum absolute atomic E-state index is 0.00556. The van der Waals surface area contributed by atoms with Gasteiger partial charge in [-0.05, 0) is 55.0 Å². The van der Waals surface area contributed by atoms with Gasteiger partial charge in [-0.2, -0.15) is 5.10 Å². The molecule has 0 saturated carbocycles. The van der Waals surface area contributed by atoms with E-state index in [1.54, 1.807) is 49.1 Å². The van der Waals surface area contributed by atoms with E-state index in [0.717, 1.165) is 9.99 Å². The Bertz CT molecular complexity index is 2370. The smallest absolute Gasteiger partial charge is 0.338 e. The molecule has 0 saturated heterocycles. The molecule has 0 aliphatic carbocycles. The first kappa shape index (κ1) is 33.5. The van der Waals surface area contributed by atoms with E-state index < -0.39 is 22.0 Å². The standard InChI is InChI=1S/C36H33N5O6S2/c1-6-20-47-35(43)31-23(2)37-36-41(33(31)25-12-16-28(46-5)17-13-25)34(42)30(48-36)21-26-22-40(27-10-8-7-9-11-27)38-32(26)24-14-18-29(19-15-24)49(44,45)39(3)4/h6-19,21-22,33H,1,20H2,2-5H3/b30-21-. The van der Waals surface area contributed by atoms with Gasteiger partial charge < -0.3 is 9.47 Å². The summed E-state index contributed by atoms with van der Waals surface area (Å²) in [5, 5.41) is 4.85. The van der Waals surface area contributed by atoms with Crippen molar-refractivity contribution in [3.63, 3.8) is 0 Å². The van der Waals surface area contributed by atoms with Crippen LogP contribution in [0.2, 0.25) is 0 Å². The van der Waals surface area contributed by atoms with Gasteiger partial charge in [0.2, 0.25) is 10.0 Å². The Kier molecular flexibility index (Phi) is 9.32. The Morgan fingerprint density at radius 3 is 2.37 bits per heavy atom. The van der Waals surface area contributed by atoms with Crippen molar-refractivity contribution >= 4 is 33.4 Å². The molecule has 49 heavy (non-hydrogen) atoms. The Morgan fingerprint density at radius 1 is 1.04 bits per heavy atom. The van der Waals surface area contributed by atoms with Crippen molar-refractivity contribution in [3.8, 4) is 22.7 Å². The number of fused-ring (bicyclic) bond motifs is 1. The molecule has 0 amide bonds. The molecule has 2 aromatic heterocycles. The van der Waals surface area contributed by atoms with Gasteiger partial charge in [-0.15, -0.1) is 0 Å². The first-order valence-corrected chi connectivity index (χ1v) is 17.4. The van der Waals surface area contributed by atoms with Gasteiger partial charge in [0.1, 0.15) is 12.4 Å². The van der Waals surface area contributed by atoms with Crippen LogP contribution in [0.1, 0.15) is 24.1 Å². The number of sulfonamides is 1. The highest BCUT2D eigenvalue weighted by atomic mass is 32.2. The monoisotopic (exact) mass is 695 g/mol. The van der Waals surface area contributed by atoms with E-state index in [2.05, 4.69) is 11.6 Å². The highest BCUT2D eigenvalue weighted by Crippen LogP contribution is 2.32. The number of para-hydroxylation sites is 1. The number of hydrogen-bond donors (Lipinski definition) is 0. The molecule has 1 aliphatic rings. The number of hydrogen-bond acceptors (Lipinski definition) is 9. The number of benzene rings is 3. The number of nitrogens with zero attached hydrogens (tertiary/aromatic N) is 5. The molecule has 3 heterocycles. The van der Waals surface area contributed by atoms with E-state index in [0.29, 0.717) is 43.2 Å². The van der Waals surface area contributed by atoms with Crippen molar-refractivity contribution in [2.24, 2.45) is 4.99 Å². The first-order chi connectivity index (χ1) is 23.5. The maximum Gasteiger partial charge on any atom is 0.338 e. The summed E-state index contributed by atoms with van der Waals surface area (Å²) in [4.78, 5) is 32.9. The van der Waals surface area contributed by atoms with Gasteiger partial charge in [-0.3, -0.25) is 9.36 Å². The minimum Gasteiger partial charge on any atom is -0.497 e. The maximum absolute atomic E-state index is 14.3. The quantitative estimate of drug-likeness (QED) is 0.159. The predicted molar refractivity (Wildman–Crippen MR) is 188 cm³/mol. The van der Waals surface area contributed by atoms with Crippen LogP contribution < -0.4 is 19.6 Å². The minimum atomic E-state index is -3.63. The third-order valence-electron chi connectivity index (χ3n) is 7.96. The molecule has 11 nitrogen and oxygen atoms in total. The van der Waals surface area contributed by atoms with Gasteiger partial charge in [0.05, 0.1) is 45.2 Å². The van der Waals surface area contributed by atoms with Crippen LogP contribution in [-0.4, -0.2) is 60.9 Å². The summed E-state index contributed by atoms with van der Waals surface area (Å²) in [6.45, 7) is 5.36. The lowest BCUT2D eigenvalue weighted by atomic mass is 9.96. The number of thiazole rings is 1.